The second-order valence-electron chi connectivity index (χ2n) is 17.7. The Morgan fingerprint density at radius 3 is 1.11 bits per heavy atom. The Balaban J connectivity index is 2.03. The highest BCUT2D eigenvalue weighted by Crippen LogP contribution is 2.56. The van der Waals surface area contributed by atoms with E-state index in [0.717, 1.165) is 24.7 Å². The van der Waals surface area contributed by atoms with Crippen LogP contribution in [0.1, 0.15) is 144 Å². The van der Waals surface area contributed by atoms with Crippen LogP contribution in [-0.4, -0.2) is 27.1 Å². The van der Waals surface area contributed by atoms with Crippen molar-refractivity contribution in [3.63, 3.8) is 0 Å². The fourth-order valence-electron chi connectivity index (χ4n) is 9.49. The molecular weight excluding hydrogens is 826 g/mol. The molecule has 0 saturated heterocycles. The summed E-state index contributed by atoms with van der Waals surface area (Å²) in [6.45, 7) is 16.9. The second kappa shape index (κ2) is 26.6. The Labute approximate surface area is 375 Å². The lowest BCUT2D eigenvalue weighted by atomic mass is 10.2. The van der Waals surface area contributed by atoms with Gasteiger partial charge in [0.25, 0.3) is 0 Å². The number of unbranched alkanes of at least 4 members (excludes halogenated alkanes) is 7. The van der Waals surface area contributed by atoms with Crippen LogP contribution in [0.3, 0.4) is 0 Å². The summed E-state index contributed by atoms with van der Waals surface area (Å²) in [7, 11) is -6.26. The van der Waals surface area contributed by atoms with E-state index in [4.69, 9.17) is 0 Å². The van der Waals surface area contributed by atoms with Crippen molar-refractivity contribution in [2.24, 2.45) is 0 Å². The number of nitrogens with zero attached hydrogens (tertiary/aromatic N) is 1. The van der Waals surface area contributed by atoms with Crippen molar-refractivity contribution in [3.05, 3.63) is 109 Å². The largest absolute Gasteiger partial charge is 0.417 e. The average molecular weight is 906 g/mol. The maximum absolute atomic E-state index is 15.1. The molecule has 4 aromatic rings. The van der Waals surface area contributed by atoms with Gasteiger partial charge in [0.2, 0.25) is 0 Å². The van der Waals surface area contributed by atoms with Crippen LogP contribution in [0.4, 0.5) is 13.2 Å². The molecule has 1 nitrogen and oxygen atoms in total. The molecule has 0 N–H and O–H groups in total. The smallest absolute Gasteiger partial charge is 0.245 e. The Morgan fingerprint density at radius 2 is 0.754 bits per heavy atom. The van der Waals surface area contributed by atoms with E-state index in [9.17, 15) is 0 Å². The minimum Gasteiger partial charge on any atom is -0.245 e. The Kier molecular flexibility index (Phi) is 22.5. The zero-order valence-electron chi connectivity index (χ0n) is 39.1. The quantitative estimate of drug-likeness (QED) is 0.0388. The molecule has 4 aromatic carbocycles. The van der Waals surface area contributed by atoms with Gasteiger partial charge in [-0.15, -0.1) is 0 Å². The van der Waals surface area contributed by atoms with E-state index in [1.807, 2.05) is 24.3 Å². The van der Waals surface area contributed by atoms with Crippen LogP contribution in [-0.2, 0) is 6.18 Å². The van der Waals surface area contributed by atoms with Crippen LogP contribution < -0.4 is 31.6 Å². The summed E-state index contributed by atoms with van der Waals surface area (Å²) in [6.07, 6.45) is 12.5. The van der Waals surface area contributed by atoms with Crippen molar-refractivity contribution in [2.75, 3.05) is 6.54 Å². The fraction of sp³-hybridized carbons (Fsp3) is 0.547. The van der Waals surface area contributed by atoms with Crippen LogP contribution >= 0.6 is 16.1 Å². The molecule has 0 aromatic heterocycles. The molecule has 4 rings (SSSR count). The van der Waals surface area contributed by atoms with Crippen molar-refractivity contribution in [1.82, 2.24) is 4.44 Å². The van der Waals surface area contributed by atoms with E-state index in [-0.39, 0.29) is 0 Å². The Bertz CT molecular complexity index is 1670. The van der Waals surface area contributed by atoms with Crippen LogP contribution in [0.5, 0.6) is 0 Å². The Hall–Kier alpha value is -2.08. The van der Waals surface area contributed by atoms with E-state index in [1.165, 1.54) is 130 Å². The summed E-state index contributed by atoms with van der Waals surface area (Å²) in [6, 6.07) is 44.3. The zero-order chi connectivity index (χ0) is 44.1. The normalized spacial score (nSPS) is 13.0. The molecular formula is C53H80F3NP2Si2. The third kappa shape index (κ3) is 14.2. The summed E-state index contributed by atoms with van der Waals surface area (Å²) in [5.41, 5.74) is -0.510. The lowest BCUT2D eigenvalue weighted by Crippen LogP contribution is -2.48. The second-order valence-corrected chi connectivity index (χ2v) is 31.5. The van der Waals surface area contributed by atoms with Crippen molar-refractivity contribution < 1.29 is 13.2 Å². The van der Waals surface area contributed by atoms with E-state index in [0.29, 0.717) is 5.30 Å². The molecule has 0 spiro atoms. The highest BCUT2D eigenvalue weighted by atomic mass is 31.2. The van der Waals surface area contributed by atoms with Gasteiger partial charge in [0, 0.05) is 28.0 Å². The number of rotatable bonds is 29. The SMILES string of the molecule is CCCCN(P(c1ccc([Si](CCCC)(CCCC)CCCC)cc1)c1ccc([Si](CCCC)(CCCC)CCCC)cc1)P(c1ccccc1)c1ccccc1C(F)(F)F. The van der Waals surface area contributed by atoms with Gasteiger partial charge in [-0.05, 0) is 28.4 Å². The molecule has 8 heteroatoms. The Morgan fingerprint density at radius 1 is 0.410 bits per heavy atom. The molecule has 0 heterocycles. The highest BCUT2D eigenvalue weighted by molar-refractivity contribution is 7.84. The molecule has 0 aliphatic carbocycles. The van der Waals surface area contributed by atoms with Gasteiger partial charge in [-0.1, -0.05) is 276 Å². The van der Waals surface area contributed by atoms with Gasteiger partial charge < -0.3 is 0 Å². The van der Waals surface area contributed by atoms with Gasteiger partial charge in [-0.25, -0.2) is 4.44 Å². The average Bonchev–Trinajstić information content (AvgIpc) is 3.28. The number of hydrogen-bond donors (Lipinski definition) is 0. The maximum Gasteiger partial charge on any atom is 0.417 e. The summed E-state index contributed by atoms with van der Waals surface area (Å²) in [4.78, 5) is 0. The molecule has 0 amide bonds. The first-order valence-corrected chi connectivity index (χ1v) is 32.2. The molecule has 0 aliphatic rings. The third-order valence-electron chi connectivity index (χ3n) is 13.1. The van der Waals surface area contributed by atoms with Gasteiger partial charge >= 0.3 is 6.18 Å². The van der Waals surface area contributed by atoms with Crippen LogP contribution in [0.2, 0.25) is 36.3 Å². The fourth-order valence-corrected chi connectivity index (χ4v) is 26.9. The standard InChI is InChI=1S/C53H80F3NP2Si2/c1-8-15-39-57(59(46-27-23-22-24-28-46)52-30-26-25-29-51(52)53(54,55)56)58(47-31-35-49(36-32-47)60(40-16-9-2,41-17-10-3)42-18-11-4)48-33-37-50(38-34-48)61(43-19-12-5,44-20-13-6)45-21-14-7/h22-38H,8-21,39-45H2,1-7H3. The predicted octanol–water partition coefficient (Wildman–Crippen LogP) is 15.3. The first-order chi connectivity index (χ1) is 29.6. The molecule has 61 heavy (non-hydrogen) atoms. The van der Waals surface area contributed by atoms with Gasteiger partial charge in [-0.3, -0.25) is 0 Å². The van der Waals surface area contributed by atoms with Crippen molar-refractivity contribution in [3.8, 4) is 0 Å². The van der Waals surface area contributed by atoms with E-state index in [1.54, 1.807) is 22.5 Å². The number of benzene rings is 4. The van der Waals surface area contributed by atoms with Gasteiger partial charge in [0.1, 0.15) is 0 Å². The topological polar surface area (TPSA) is 3.24 Å². The lowest BCUT2D eigenvalue weighted by Gasteiger charge is -2.40. The summed E-state index contributed by atoms with van der Waals surface area (Å²) >= 11 is 0. The van der Waals surface area contributed by atoms with Crippen molar-refractivity contribution in [2.45, 2.75) is 181 Å². The van der Waals surface area contributed by atoms with Crippen LogP contribution in [0.15, 0.2) is 103 Å². The minimum absolute atomic E-state index is 0.406. The van der Waals surface area contributed by atoms with Gasteiger partial charge in [0.05, 0.1) is 21.7 Å². The first kappa shape index (κ1) is 51.6. The van der Waals surface area contributed by atoms with E-state index >= 15 is 13.2 Å². The summed E-state index contributed by atoms with van der Waals surface area (Å²) < 4.78 is 48.0. The molecule has 0 bridgehead atoms. The van der Waals surface area contributed by atoms with E-state index < -0.39 is 44.0 Å². The molecule has 0 aliphatic heterocycles. The first-order valence-electron chi connectivity index (χ1n) is 24.4. The monoisotopic (exact) mass is 906 g/mol. The van der Waals surface area contributed by atoms with E-state index in [2.05, 4.69) is 114 Å². The lowest BCUT2D eigenvalue weighted by molar-refractivity contribution is -0.136. The maximum atomic E-state index is 15.1. The minimum atomic E-state index is -4.46. The van der Waals surface area contributed by atoms with Crippen molar-refractivity contribution >= 4 is 63.9 Å². The number of alkyl halides is 3. The molecule has 1 atom stereocenters. The molecule has 0 saturated carbocycles. The van der Waals surface area contributed by atoms with Gasteiger partial charge in [-0.2, -0.15) is 13.2 Å². The molecule has 336 valence electrons. The molecule has 0 fully saturated rings. The number of hydrogen-bond acceptors (Lipinski definition) is 1. The van der Waals surface area contributed by atoms with Crippen LogP contribution in [0, 0.1) is 0 Å². The summed E-state index contributed by atoms with van der Waals surface area (Å²) in [5, 5.41) is 7.06. The third-order valence-corrected chi connectivity index (χ3v) is 29.7. The zero-order valence-corrected chi connectivity index (χ0v) is 42.9. The summed E-state index contributed by atoms with van der Waals surface area (Å²) in [5.74, 6) is 0. The number of halogens is 3. The van der Waals surface area contributed by atoms with Crippen LogP contribution in [0.25, 0.3) is 0 Å². The highest BCUT2D eigenvalue weighted by Gasteiger charge is 2.40. The van der Waals surface area contributed by atoms with Gasteiger partial charge in [0.15, 0.2) is 0 Å². The molecule has 0 radical (unpaired) electrons. The molecule has 1 unspecified atom stereocenters. The van der Waals surface area contributed by atoms with Crippen molar-refractivity contribution in [1.29, 1.82) is 0 Å². The predicted molar refractivity (Wildman–Crippen MR) is 274 cm³/mol.